The molecule has 0 bridgehead atoms. The molecule has 1 unspecified atom stereocenters. The van der Waals surface area contributed by atoms with E-state index < -0.39 is 5.82 Å². The van der Waals surface area contributed by atoms with Gasteiger partial charge < -0.3 is 21.4 Å². The molecule has 0 aliphatic heterocycles. The van der Waals surface area contributed by atoms with Crippen LogP contribution in [0.1, 0.15) is 48.5 Å². The number of hydrogen-bond donors (Lipinski definition) is 4. The number of amides is 1. The number of hydrogen-bond acceptors (Lipinski definition) is 5. The molecule has 0 radical (unpaired) electrons. The Hall–Kier alpha value is -4.24. The Bertz CT molecular complexity index is 1630. The van der Waals surface area contributed by atoms with Crippen molar-refractivity contribution < 1.29 is 9.18 Å². The first kappa shape index (κ1) is 26.4. The number of H-pyrrole nitrogens is 1. The van der Waals surface area contributed by atoms with Crippen molar-refractivity contribution in [1.29, 1.82) is 0 Å². The maximum atomic E-state index is 15.4. The Labute approximate surface area is 226 Å². The minimum atomic E-state index is -0.473. The summed E-state index contributed by atoms with van der Waals surface area (Å²) in [7, 11) is 1.83. The van der Waals surface area contributed by atoms with E-state index in [1.54, 1.807) is 35.1 Å². The van der Waals surface area contributed by atoms with Crippen LogP contribution in [-0.2, 0) is 7.05 Å². The zero-order valence-corrected chi connectivity index (χ0v) is 22.3. The monoisotopic (exact) mass is 527 g/mol. The van der Waals surface area contributed by atoms with Gasteiger partial charge in [0.25, 0.3) is 5.91 Å². The van der Waals surface area contributed by atoms with Crippen molar-refractivity contribution in [1.82, 2.24) is 30.4 Å². The average molecular weight is 528 g/mol. The van der Waals surface area contributed by atoms with E-state index >= 15 is 4.39 Å². The summed E-state index contributed by atoms with van der Waals surface area (Å²) in [4.78, 5) is 20.5. The number of halogens is 1. The summed E-state index contributed by atoms with van der Waals surface area (Å²) in [6.07, 6.45) is 12.3. The van der Waals surface area contributed by atoms with Gasteiger partial charge in [0.1, 0.15) is 11.5 Å². The third-order valence-electron chi connectivity index (χ3n) is 7.39. The molecule has 1 fully saturated rings. The number of nitrogens with zero attached hydrogens (tertiary/aromatic N) is 3. The summed E-state index contributed by atoms with van der Waals surface area (Å²) in [5, 5.41) is 12.8. The zero-order chi connectivity index (χ0) is 27.5. The lowest BCUT2D eigenvalue weighted by molar-refractivity contribution is 0.0915. The highest BCUT2D eigenvalue weighted by Crippen LogP contribution is 2.28. The van der Waals surface area contributed by atoms with Crippen LogP contribution in [0.15, 0.2) is 49.4 Å². The van der Waals surface area contributed by atoms with Crippen LogP contribution in [-0.4, -0.2) is 44.3 Å². The van der Waals surface area contributed by atoms with Gasteiger partial charge >= 0.3 is 0 Å². The second kappa shape index (κ2) is 11.2. The number of aryl methyl sites for hydroxylation is 1. The number of benzene rings is 1. The Kier molecular flexibility index (Phi) is 7.60. The number of carbonyl (C=O) groups is 1. The number of carbonyl (C=O) groups excluding carboxylic acids is 1. The SMILES string of the molecule is C=C(/C=c1\c(=C/N)[nH]c2ncc(F)c(-c3ccc(C(=O)N[C@H]4CCCCC4NCC)cc3)c12)c1cnn(C)c1. The summed E-state index contributed by atoms with van der Waals surface area (Å²) >= 11 is 0. The maximum Gasteiger partial charge on any atom is 0.251 e. The number of pyridine rings is 1. The molecule has 5 N–H and O–H groups in total. The predicted molar refractivity (Wildman–Crippen MR) is 153 cm³/mol. The summed E-state index contributed by atoms with van der Waals surface area (Å²) in [5.41, 5.74) is 9.51. The van der Waals surface area contributed by atoms with Crippen molar-refractivity contribution in [3.63, 3.8) is 0 Å². The smallest absolute Gasteiger partial charge is 0.251 e. The van der Waals surface area contributed by atoms with Crippen molar-refractivity contribution in [2.45, 2.75) is 44.7 Å². The third-order valence-corrected chi connectivity index (χ3v) is 7.39. The van der Waals surface area contributed by atoms with Gasteiger partial charge in [-0.25, -0.2) is 9.37 Å². The van der Waals surface area contributed by atoms with E-state index in [4.69, 9.17) is 5.73 Å². The fourth-order valence-corrected chi connectivity index (χ4v) is 5.43. The number of aromatic nitrogens is 4. The topological polar surface area (TPSA) is 114 Å². The third kappa shape index (κ3) is 5.35. The molecule has 39 heavy (non-hydrogen) atoms. The second-order valence-corrected chi connectivity index (χ2v) is 10.0. The van der Waals surface area contributed by atoms with E-state index in [1.807, 2.05) is 19.3 Å². The average Bonchev–Trinajstić information content (AvgIpc) is 3.53. The Morgan fingerprint density at radius 2 is 1.95 bits per heavy atom. The molecule has 4 aromatic rings. The quantitative estimate of drug-likeness (QED) is 0.295. The summed E-state index contributed by atoms with van der Waals surface area (Å²) < 4.78 is 17.1. The first-order valence-corrected chi connectivity index (χ1v) is 13.3. The zero-order valence-electron chi connectivity index (χ0n) is 22.3. The van der Waals surface area contributed by atoms with Crippen molar-refractivity contribution in [3.05, 3.63) is 76.9 Å². The van der Waals surface area contributed by atoms with Gasteiger partial charge in [-0.3, -0.25) is 9.48 Å². The maximum absolute atomic E-state index is 15.4. The van der Waals surface area contributed by atoms with Gasteiger partial charge in [-0.05, 0) is 48.7 Å². The lowest BCUT2D eigenvalue weighted by Crippen LogP contribution is -2.51. The molecule has 9 heteroatoms. The van der Waals surface area contributed by atoms with Crippen LogP contribution in [0.2, 0.25) is 0 Å². The van der Waals surface area contributed by atoms with E-state index in [0.29, 0.717) is 43.9 Å². The molecule has 8 nitrogen and oxygen atoms in total. The molecule has 3 aromatic heterocycles. The van der Waals surface area contributed by atoms with Crippen molar-refractivity contribution in [2.24, 2.45) is 12.8 Å². The lowest BCUT2D eigenvalue weighted by atomic mass is 9.90. The first-order chi connectivity index (χ1) is 18.9. The van der Waals surface area contributed by atoms with Crippen LogP contribution >= 0.6 is 0 Å². The van der Waals surface area contributed by atoms with E-state index in [-0.39, 0.29) is 18.0 Å². The van der Waals surface area contributed by atoms with Crippen LogP contribution in [0.4, 0.5) is 4.39 Å². The van der Waals surface area contributed by atoms with Crippen molar-refractivity contribution in [2.75, 3.05) is 6.54 Å². The molecule has 1 amide bonds. The van der Waals surface area contributed by atoms with Crippen LogP contribution in [0, 0.1) is 5.82 Å². The van der Waals surface area contributed by atoms with Crippen LogP contribution in [0.5, 0.6) is 0 Å². The summed E-state index contributed by atoms with van der Waals surface area (Å²) in [5.74, 6) is -0.597. The minimum absolute atomic E-state index is 0.0972. The fraction of sp³-hybridized carbons (Fsp3) is 0.300. The van der Waals surface area contributed by atoms with Gasteiger partial charge in [0.2, 0.25) is 0 Å². The number of nitrogens with two attached hydrogens (primary N) is 1. The fourth-order valence-electron chi connectivity index (χ4n) is 5.43. The number of fused-ring (bicyclic) bond motifs is 1. The van der Waals surface area contributed by atoms with Crippen molar-refractivity contribution >= 4 is 34.8 Å². The molecule has 1 aliphatic rings. The Morgan fingerprint density at radius 1 is 1.21 bits per heavy atom. The van der Waals surface area contributed by atoms with E-state index in [1.165, 1.54) is 18.8 Å². The number of rotatable bonds is 7. The molecular weight excluding hydrogens is 493 g/mol. The largest absolute Gasteiger partial charge is 0.403 e. The van der Waals surface area contributed by atoms with Gasteiger partial charge in [-0.15, -0.1) is 0 Å². The predicted octanol–water partition coefficient (Wildman–Crippen LogP) is 2.94. The number of aromatic amines is 1. The molecule has 0 saturated heterocycles. The van der Waals surface area contributed by atoms with Crippen LogP contribution in [0.25, 0.3) is 40.0 Å². The molecule has 0 spiro atoms. The molecule has 1 aromatic carbocycles. The number of likely N-dealkylation sites (N-methyl/N-ethyl adjacent to an activating group) is 1. The van der Waals surface area contributed by atoms with E-state index in [0.717, 1.165) is 31.4 Å². The van der Waals surface area contributed by atoms with Gasteiger partial charge in [-0.1, -0.05) is 38.5 Å². The molecular formula is C30H34FN7O. The second-order valence-electron chi connectivity index (χ2n) is 10.0. The van der Waals surface area contributed by atoms with Gasteiger partial charge in [0.05, 0.1) is 17.7 Å². The summed E-state index contributed by atoms with van der Waals surface area (Å²) in [6, 6.07) is 7.40. The molecule has 1 saturated carbocycles. The summed E-state index contributed by atoms with van der Waals surface area (Å²) in [6.45, 7) is 7.13. The highest BCUT2D eigenvalue weighted by Gasteiger charge is 2.26. The molecule has 202 valence electrons. The Balaban J connectivity index is 1.51. The first-order valence-electron chi connectivity index (χ1n) is 13.3. The number of allylic oxidation sites excluding steroid dienone is 1. The molecule has 2 atom stereocenters. The van der Waals surface area contributed by atoms with Crippen molar-refractivity contribution in [3.8, 4) is 11.1 Å². The van der Waals surface area contributed by atoms with Gasteiger partial charge in [0.15, 0.2) is 0 Å². The molecule has 1 aliphatic carbocycles. The standard InChI is InChI=1S/C30H34FN7O/c1-4-33-24-7-5-6-8-25(24)37-30(39)20-11-9-19(10-12-20)27-23(31)16-34-29-28(27)22(26(14-32)36-29)13-18(2)21-15-35-38(3)17-21/h9-17,24-25,33H,2,4-8,32H2,1,3H3,(H,34,36)(H,37,39)/b22-13+,26-14+/t24?,25-/m0/s1. The Morgan fingerprint density at radius 3 is 2.62 bits per heavy atom. The minimum Gasteiger partial charge on any atom is -0.403 e. The van der Waals surface area contributed by atoms with Gasteiger partial charge in [-0.2, -0.15) is 5.10 Å². The van der Waals surface area contributed by atoms with E-state index in [9.17, 15) is 4.79 Å². The van der Waals surface area contributed by atoms with Crippen LogP contribution < -0.4 is 26.9 Å². The van der Waals surface area contributed by atoms with E-state index in [2.05, 4.69) is 39.2 Å². The lowest BCUT2D eigenvalue weighted by Gasteiger charge is -2.32. The van der Waals surface area contributed by atoms with Crippen LogP contribution in [0.3, 0.4) is 0 Å². The molecule has 3 heterocycles. The highest BCUT2D eigenvalue weighted by molar-refractivity contribution is 5.99. The number of nitrogens with one attached hydrogen (secondary N) is 3. The van der Waals surface area contributed by atoms with Gasteiger partial charge in [0, 0.05) is 58.8 Å². The normalized spacial score (nSPS) is 18.5. The highest BCUT2D eigenvalue weighted by atomic mass is 19.1. The molecule has 5 rings (SSSR count).